The predicted octanol–water partition coefficient (Wildman–Crippen LogP) is 8.72. The van der Waals surface area contributed by atoms with Crippen LogP contribution in [-0.4, -0.2) is 30.8 Å². The topological polar surface area (TPSA) is 52.5 Å². The summed E-state index contributed by atoms with van der Waals surface area (Å²) in [7, 11) is 1.40. The number of anilines is 1. The van der Waals surface area contributed by atoms with Gasteiger partial charge in [0.15, 0.2) is 0 Å². The van der Waals surface area contributed by atoms with Crippen molar-refractivity contribution in [2.45, 2.75) is 19.9 Å². The molecule has 0 spiro atoms. The number of nitrogens with zero attached hydrogens (tertiary/aromatic N) is 1. The van der Waals surface area contributed by atoms with Gasteiger partial charge >= 0.3 is 5.97 Å². The summed E-state index contributed by atoms with van der Waals surface area (Å²) in [4.78, 5) is 11.9. The summed E-state index contributed by atoms with van der Waals surface area (Å²) in [6.45, 7) is 4.32. The van der Waals surface area contributed by atoms with Gasteiger partial charge in [-0.15, -0.1) is 0 Å². The molecule has 5 aromatic carbocycles. The van der Waals surface area contributed by atoms with Crippen molar-refractivity contribution in [3.63, 3.8) is 0 Å². The largest absolute Gasteiger partial charge is 0.493 e. The van der Waals surface area contributed by atoms with Gasteiger partial charge in [-0.1, -0.05) is 72.8 Å². The van der Waals surface area contributed by atoms with Crippen LogP contribution in [0, 0.1) is 0 Å². The van der Waals surface area contributed by atoms with Gasteiger partial charge in [0.25, 0.3) is 0 Å². The van der Waals surface area contributed by atoms with E-state index in [1.165, 1.54) is 34.5 Å². The third kappa shape index (κ3) is 5.59. The molecule has 0 unspecified atom stereocenters. The minimum atomic E-state index is -0.337. The minimum absolute atomic E-state index is 0.337. The molecule has 0 fully saturated rings. The van der Waals surface area contributed by atoms with Crippen molar-refractivity contribution in [2.24, 2.45) is 0 Å². The van der Waals surface area contributed by atoms with Gasteiger partial charge in [0.1, 0.15) is 5.75 Å². The van der Waals surface area contributed by atoms with Gasteiger partial charge in [-0.2, -0.15) is 0 Å². The zero-order chi connectivity index (χ0) is 28.9. The fraction of sp³-hybridized carbons (Fsp3) is 0.162. The van der Waals surface area contributed by atoms with E-state index in [4.69, 9.17) is 9.47 Å². The highest BCUT2D eigenvalue weighted by molar-refractivity contribution is 6.09. The van der Waals surface area contributed by atoms with Crippen LogP contribution in [0.2, 0.25) is 0 Å². The van der Waals surface area contributed by atoms with E-state index in [1.807, 2.05) is 36.4 Å². The van der Waals surface area contributed by atoms with Crippen LogP contribution >= 0.6 is 0 Å². The molecular weight excluding hydrogens is 520 g/mol. The average molecular weight is 555 g/mol. The van der Waals surface area contributed by atoms with E-state index < -0.39 is 0 Å². The maximum Gasteiger partial charge on any atom is 0.337 e. The highest BCUT2D eigenvalue weighted by Gasteiger charge is 2.11. The SMILES string of the molecule is CCn1c2ccccc2c2cc(NCC(=Cc3ccc(C(=O)OC)cc3)CCOc3cccc4ccccc34)ccc21. The lowest BCUT2D eigenvalue weighted by Crippen LogP contribution is -2.09. The van der Waals surface area contributed by atoms with Gasteiger partial charge in [-0.05, 0) is 65.9 Å². The third-order valence-electron chi connectivity index (χ3n) is 7.74. The summed E-state index contributed by atoms with van der Waals surface area (Å²) in [5.74, 6) is 0.552. The normalized spacial score (nSPS) is 11.7. The van der Waals surface area contributed by atoms with E-state index in [-0.39, 0.29) is 5.97 Å². The molecule has 0 bridgehead atoms. The monoisotopic (exact) mass is 554 g/mol. The van der Waals surface area contributed by atoms with Crippen LogP contribution < -0.4 is 10.1 Å². The van der Waals surface area contributed by atoms with Crippen LogP contribution in [0.3, 0.4) is 0 Å². The van der Waals surface area contributed by atoms with Crippen molar-refractivity contribution in [2.75, 3.05) is 25.6 Å². The second-order valence-corrected chi connectivity index (χ2v) is 10.3. The number of aryl methyl sites for hydroxylation is 1. The number of hydrogen-bond donors (Lipinski definition) is 1. The Labute approximate surface area is 246 Å². The Morgan fingerprint density at radius 3 is 2.36 bits per heavy atom. The summed E-state index contributed by atoms with van der Waals surface area (Å²) >= 11 is 0. The number of carbonyl (C=O) groups excluding carboxylic acids is 1. The number of carbonyl (C=O) groups is 1. The second kappa shape index (κ2) is 12.2. The molecule has 42 heavy (non-hydrogen) atoms. The third-order valence-corrected chi connectivity index (χ3v) is 7.74. The van der Waals surface area contributed by atoms with Crippen LogP contribution in [0.25, 0.3) is 38.7 Å². The summed E-state index contributed by atoms with van der Waals surface area (Å²) < 4.78 is 13.5. The summed E-state index contributed by atoms with van der Waals surface area (Å²) in [5, 5.41) is 8.45. The number of nitrogens with one attached hydrogen (secondary N) is 1. The number of rotatable bonds is 10. The zero-order valence-electron chi connectivity index (χ0n) is 24.0. The van der Waals surface area contributed by atoms with Crippen LogP contribution in [-0.2, 0) is 11.3 Å². The first-order valence-electron chi connectivity index (χ1n) is 14.4. The summed E-state index contributed by atoms with van der Waals surface area (Å²) in [6.07, 6.45) is 2.91. The molecule has 0 aliphatic carbocycles. The van der Waals surface area contributed by atoms with E-state index in [0.717, 1.165) is 40.7 Å². The number of ether oxygens (including phenoxy) is 2. The quantitative estimate of drug-likeness (QED) is 0.172. The van der Waals surface area contributed by atoms with Gasteiger partial charge in [-0.3, -0.25) is 0 Å². The van der Waals surface area contributed by atoms with Crippen molar-refractivity contribution < 1.29 is 14.3 Å². The van der Waals surface area contributed by atoms with Crippen molar-refractivity contribution in [1.29, 1.82) is 0 Å². The maximum absolute atomic E-state index is 11.9. The fourth-order valence-corrected chi connectivity index (χ4v) is 5.61. The first kappa shape index (κ1) is 27.2. The predicted molar refractivity (Wildman–Crippen MR) is 173 cm³/mol. The zero-order valence-corrected chi connectivity index (χ0v) is 24.0. The molecule has 6 aromatic rings. The lowest BCUT2D eigenvalue weighted by molar-refractivity contribution is 0.0600. The molecule has 0 aliphatic rings. The summed E-state index contributed by atoms with van der Waals surface area (Å²) in [6, 6.07) is 37.1. The molecule has 1 aromatic heterocycles. The van der Waals surface area contributed by atoms with Crippen molar-refractivity contribution in [3.8, 4) is 5.75 Å². The maximum atomic E-state index is 11.9. The Morgan fingerprint density at radius 2 is 1.55 bits per heavy atom. The van der Waals surface area contributed by atoms with Crippen LogP contribution in [0.4, 0.5) is 5.69 Å². The van der Waals surface area contributed by atoms with Crippen LogP contribution in [0.15, 0.2) is 115 Å². The molecule has 0 saturated carbocycles. The van der Waals surface area contributed by atoms with E-state index in [0.29, 0.717) is 18.7 Å². The molecule has 1 N–H and O–H groups in total. The Balaban J connectivity index is 1.24. The Hall–Kier alpha value is -5.03. The summed E-state index contributed by atoms with van der Waals surface area (Å²) in [5.41, 5.74) is 6.32. The molecule has 0 aliphatic heterocycles. The molecule has 210 valence electrons. The van der Waals surface area contributed by atoms with Crippen LogP contribution in [0.1, 0.15) is 29.3 Å². The molecule has 5 heteroatoms. The molecule has 0 saturated heterocycles. The van der Waals surface area contributed by atoms with E-state index in [9.17, 15) is 4.79 Å². The lowest BCUT2D eigenvalue weighted by Gasteiger charge is -2.14. The van der Waals surface area contributed by atoms with E-state index in [2.05, 4.69) is 83.5 Å². The number of esters is 1. The van der Waals surface area contributed by atoms with Gasteiger partial charge in [0.05, 0.1) is 19.3 Å². The molecule has 1 heterocycles. The van der Waals surface area contributed by atoms with Gasteiger partial charge in [0.2, 0.25) is 0 Å². The highest BCUT2D eigenvalue weighted by atomic mass is 16.5. The van der Waals surface area contributed by atoms with Crippen molar-refractivity contribution in [3.05, 3.63) is 126 Å². The molecule has 0 radical (unpaired) electrons. The number of aromatic nitrogens is 1. The first-order chi connectivity index (χ1) is 20.6. The molecule has 0 amide bonds. The highest BCUT2D eigenvalue weighted by Crippen LogP contribution is 2.31. The molecule has 5 nitrogen and oxygen atoms in total. The Morgan fingerprint density at radius 1 is 0.810 bits per heavy atom. The standard InChI is InChI=1S/C37H34N2O3/c1-3-39-34-13-7-6-12-32(34)33-24-30(19-20-35(33)39)38-25-27(23-26-15-17-29(18-16-26)37(40)41-2)21-22-42-36-14-8-10-28-9-4-5-11-31(28)36/h4-20,23-24,38H,3,21-22,25H2,1-2H3. The average Bonchev–Trinajstić information content (AvgIpc) is 3.36. The number of methoxy groups -OCH3 is 1. The number of hydrogen-bond acceptors (Lipinski definition) is 4. The minimum Gasteiger partial charge on any atom is -0.493 e. The van der Waals surface area contributed by atoms with Crippen molar-refractivity contribution in [1.82, 2.24) is 4.57 Å². The first-order valence-corrected chi connectivity index (χ1v) is 14.4. The van der Waals surface area contributed by atoms with E-state index in [1.54, 1.807) is 12.1 Å². The number of para-hydroxylation sites is 1. The van der Waals surface area contributed by atoms with Gasteiger partial charge in [0, 0.05) is 52.4 Å². The molecule has 6 rings (SSSR count). The fourth-order valence-electron chi connectivity index (χ4n) is 5.61. The van der Waals surface area contributed by atoms with Gasteiger partial charge in [-0.25, -0.2) is 4.79 Å². The lowest BCUT2D eigenvalue weighted by atomic mass is 10.1. The smallest absolute Gasteiger partial charge is 0.337 e. The Kier molecular flexibility index (Phi) is 7.91. The number of benzene rings is 5. The number of fused-ring (bicyclic) bond motifs is 4. The Bertz CT molecular complexity index is 1900. The van der Waals surface area contributed by atoms with E-state index >= 15 is 0 Å². The molecule has 0 atom stereocenters. The van der Waals surface area contributed by atoms with Crippen molar-refractivity contribution >= 4 is 50.3 Å². The second-order valence-electron chi connectivity index (χ2n) is 10.3. The van der Waals surface area contributed by atoms with Crippen LogP contribution in [0.5, 0.6) is 5.75 Å². The van der Waals surface area contributed by atoms with Gasteiger partial charge < -0.3 is 19.4 Å². The molecular formula is C37H34N2O3.